The molecule has 7 heteroatoms. The van der Waals surface area contributed by atoms with Crippen molar-refractivity contribution in [3.63, 3.8) is 0 Å². The number of nitrogens with zero attached hydrogens (tertiary/aromatic N) is 1. The smallest absolute Gasteiger partial charge is 0.269 e. The predicted octanol–water partition coefficient (Wildman–Crippen LogP) is 3.32. The Morgan fingerprint density at radius 2 is 2.05 bits per heavy atom. The number of hydrogen-bond donors (Lipinski definition) is 1. The molecule has 0 radical (unpaired) electrons. The van der Waals surface area contributed by atoms with Crippen molar-refractivity contribution in [1.29, 1.82) is 0 Å². The normalized spacial score (nSPS) is 10.3. The highest BCUT2D eigenvalue weighted by Crippen LogP contribution is 2.16. The van der Waals surface area contributed by atoms with E-state index in [1.807, 2.05) is 11.4 Å². The fourth-order valence-electron chi connectivity index (χ4n) is 1.64. The van der Waals surface area contributed by atoms with Crippen molar-refractivity contribution in [1.82, 2.24) is 5.32 Å². The van der Waals surface area contributed by atoms with E-state index < -0.39 is 4.92 Å². The lowest BCUT2D eigenvalue weighted by molar-refractivity contribution is -0.384. The zero-order chi connectivity index (χ0) is 15.1. The molecular weight excluding hydrogens is 308 g/mol. The van der Waals surface area contributed by atoms with Crippen LogP contribution in [0.25, 0.3) is 0 Å². The quantitative estimate of drug-likeness (QED) is 0.482. The molecule has 5 nitrogen and oxygen atoms in total. The number of carbonyl (C=O) groups is 1. The van der Waals surface area contributed by atoms with E-state index in [0.29, 0.717) is 12.1 Å². The van der Waals surface area contributed by atoms with E-state index in [1.54, 1.807) is 23.1 Å². The summed E-state index contributed by atoms with van der Waals surface area (Å²) in [5.41, 5.74) is 0.418. The van der Waals surface area contributed by atoms with Crippen molar-refractivity contribution in [3.05, 3.63) is 62.3 Å². The van der Waals surface area contributed by atoms with E-state index in [4.69, 9.17) is 0 Å². The molecule has 0 aliphatic rings. The van der Waals surface area contributed by atoms with Gasteiger partial charge in [0, 0.05) is 40.6 Å². The molecule has 0 atom stereocenters. The fraction of sp³-hybridized carbons (Fsp3) is 0.214. The first-order chi connectivity index (χ1) is 10.2. The number of nitro benzene ring substituents is 1. The number of rotatable bonds is 7. The minimum absolute atomic E-state index is 0.0157. The highest BCUT2D eigenvalue weighted by Gasteiger charge is 2.08. The molecule has 0 aliphatic heterocycles. The summed E-state index contributed by atoms with van der Waals surface area (Å²) >= 11 is 3.49. The Balaban J connectivity index is 1.70. The van der Waals surface area contributed by atoms with Crippen molar-refractivity contribution >= 4 is 34.7 Å². The molecule has 1 heterocycles. The van der Waals surface area contributed by atoms with E-state index >= 15 is 0 Å². The average molecular weight is 322 g/mol. The van der Waals surface area contributed by atoms with Crippen LogP contribution >= 0.6 is 23.1 Å². The van der Waals surface area contributed by atoms with Crippen molar-refractivity contribution < 1.29 is 9.72 Å². The van der Waals surface area contributed by atoms with Crippen molar-refractivity contribution in [2.45, 2.75) is 5.75 Å². The Labute approximate surface area is 130 Å². The molecule has 0 bridgehead atoms. The van der Waals surface area contributed by atoms with Gasteiger partial charge in [0.25, 0.3) is 11.6 Å². The Morgan fingerprint density at radius 3 is 2.67 bits per heavy atom. The third-order valence-corrected chi connectivity index (χ3v) is 4.76. The van der Waals surface area contributed by atoms with Gasteiger partial charge in [0.2, 0.25) is 0 Å². The molecule has 1 amide bonds. The Kier molecular flexibility index (Phi) is 5.77. The number of benzene rings is 1. The van der Waals surface area contributed by atoms with Gasteiger partial charge in [0.1, 0.15) is 0 Å². The van der Waals surface area contributed by atoms with Crippen LogP contribution in [0.4, 0.5) is 5.69 Å². The number of non-ortho nitro benzene ring substituents is 1. The predicted molar refractivity (Wildman–Crippen MR) is 85.9 cm³/mol. The SMILES string of the molecule is O=C(NCCSCc1cccs1)c1ccc([N+](=O)[O-])cc1. The van der Waals surface area contributed by atoms with E-state index in [-0.39, 0.29) is 11.6 Å². The molecular formula is C14H14N2O3S2. The number of nitrogens with one attached hydrogen (secondary N) is 1. The summed E-state index contributed by atoms with van der Waals surface area (Å²) in [7, 11) is 0. The van der Waals surface area contributed by atoms with Crippen LogP contribution in [0, 0.1) is 10.1 Å². The molecule has 0 saturated heterocycles. The number of thioether (sulfide) groups is 1. The van der Waals surface area contributed by atoms with Gasteiger partial charge in [-0.15, -0.1) is 11.3 Å². The van der Waals surface area contributed by atoms with Crippen LogP contribution in [-0.4, -0.2) is 23.1 Å². The van der Waals surface area contributed by atoms with Crippen molar-refractivity contribution in [2.24, 2.45) is 0 Å². The third kappa shape index (κ3) is 4.87. The van der Waals surface area contributed by atoms with Gasteiger partial charge in [-0.25, -0.2) is 0 Å². The number of amides is 1. The monoisotopic (exact) mass is 322 g/mol. The first-order valence-electron chi connectivity index (χ1n) is 6.29. The van der Waals surface area contributed by atoms with Gasteiger partial charge in [-0.3, -0.25) is 14.9 Å². The Bertz CT molecular complexity index is 597. The maximum Gasteiger partial charge on any atom is 0.269 e. The Hall–Kier alpha value is -1.86. The maximum atomic E-state index is 11.8. The average Bonchev–Trinajstić information content (AvgIpc) is 3.00. The Morgan fingerprint density at radius 1 is 1.29 bits per heavy atom. The minimum Gasteiger partial charge on any atom is -0.351 e. The summed E-state index contributed by atoms with van der Waals surface area (Å²) in [6, 6.07) is 9.71. The van der Waals surface area contributed by atoms with Gasteiger partial charge in [0.15, 0.2) is 0 Å². The minimum atomic E-state index is -0.483. The van der Waals surface area contributed by atoms with Crippen molar-refractivity contribution in [2.75, 3.05) is 12.3 Å². The number of carbonyl (C=O) groups excluding carboxylic acids is 1. The lowest BCUT2D eigenvalue weighted by Gasteiger charge is -2.04. The topological polar surface area (TPSA) is 72.2 Å². The van der Waals surface area contributed by atoms with Gasteiger partial charge in [0.05, 0.1) is 4.92 Å². The van der Waals surface area contributed by atoms with Crippen LogP contribution < -0.4 is 5.32 Å². The first kappa shape index (κ1) is 15.5. The number of nitro groups is 1. The molecule has 0 aliphatic carbocycles. The van der Waals surface area contributed by atoms with Crippen LogP contribution in [0.15, 0.2) is 41.8 Å². The molecule has 110 valence electrons. The number of hydrogen-bond acceptors (Lipinski definition) is 5. The van der Waals surface area contributed by atoms with Crippen LogP contribution in [0.2, 0.25) is 0 Å². The molecule has 0 spiro atoms. The summed E-state index contributed by atoms with van der Waals surface area (Å²) in [6.45, 7) is 0.575. The standard InChI is InChI=1S/C14H14N2O3S2/c17-14(11-3-5-12(6-4-11)16(18)19)15-7-9-20-10-13-2-1-8-21-13/h1-6,8H,7,9-10H2,(H,15,17). The second kappa shape index (κ2) is 7.80. The number of thiophene rings is 1. The van der Waals surface area contributed by atoms with Gasteiger partial charge >= 0.3 is 0 Å². The lowest BCUT2D eigenvalue weighted by Crippen LogP contribution is -2.25. The molecule has 1 aromatic carbocycles. The summed E-state index contributed by atoms with van der Waals surface area (Å²) in [5, 5.41) is 15.4. The van der Waals surface area contributed by atoms with E-state index in [9.17, 15) is 14.9 Å². The molecule has 21 heavy (non-hydrogen) atoms. The molecule has 0 unspecified atom stereocenters. The molecule has 0 fully saturated rings. The van der Waals surface area contributed by atoms with Crippen LogP contribution in [0.3, 0.4) is 0 Å². The summed E-state index contributed by atoms with van der Waals surface area (Å²) in [5.74, 6) is 1.57. The third-order valence-electron chi connectivity index (χ3n) is 2.70. The fourth-order valence-corrected chi connectivity index (χ4v) is 3.34. The van der Waals surface area contributed by atoms with E-state index in [2.05, 4.69) is 11.4 Å². The summed E-state index contributed by atoms with van der Waals surface area (Å²) in [6.07, 6.45) is 0. The molecule has 2 aromatic rings. The molecule has 0 saturated carbocycles. The maximum absolute atomic E-state index is 11.8. The van der Waals surface area contributed by atoms with Gasteiger partial charge in [-0.2, -0.15) is 11.8 Å². The highest BCUT2D eigenvalue weighted by atomic mass is 32.2. The van der Waals surface area contributed by atoms with Gasteiger partial charge < -0.3 is 5.32 Å². The second-order valence-corrected chi connectivity index (χ2v) is 6.33. The molecule has 1 aromatic heterocycles. The first-order valence-corrected chi connectivity index (χ1v) is 8.33. The lowest BCUT2D eigenvalue weighted by atomic mass is 10.2. The largest absolute Gasteiger partial charge is 0.351 e. The van der Waals surface area contributed by atoms with Crippen LogP contribution in [-0.2, 0) is 5.75 Å². The molecule has 2 rings (SSSR count). The van der Waals surface area contributed by atoms with Gasteiger partial charge in [-0.05, 0) is 23.6 Å². The van der Waals surface area contributed by atoms with Crippen molar-refractivity contribution in [3.8, 4) is 0 Å². The van der Waals surface area contributed by atoms with E-state index in [1.165, 1.54) is 29.1 Å². The van der Waals surface area contributed by atoms with Crippen LogP contribution in [0.1, 0.15) is 15.2 Å². The highest BCUT2D eigenvalue weighted by molar-refractivity contribution is 7.98. The summed E-state index contributed by atoms with van der Waals surface area (Å²) < 4.78 is 0. The zero-order valence-electron chi connectivity index (χ0n) is 11.2. The second-order valence-electron chi connectivity index (χ2n) is 4.19. The van der Waals surface area contributed by atoms with Gasteiger partial charge in [-0.1, -0.05) is 6.07 Å². The zero-order valence-corrected chi connectivity index (χ0v) is 12.8. The van der Waals surface area contributed by atoms with Crippen LogP contribution in [0.5, 0.6) is 0 Å². The molecule has 1 N–H and O–H groups in total. The van der Waals surface area contributed by atoms with E-state index in [0.717, 1.165) is 11.5 Å². The summed E-state index contributed by atoms with van der Waals surface area (Å²) in [4.78, 5) is 23.2.